The van der Waals surface area contributed by atoms with E-state index in [9.17, 15) is 13.6 Å². The molecule has 1 aromatic carbocycles. The van der Waals surface area contributed by atoms with E-state index < -0.39 is 12.6 Å². The first-order valence-corrected chi connectivity index (χ1v) is 6.61. The Kier molecular flexibility index (Phi) is 6.01. The largest absolute Gasteiger partial charge is 0.466 e. The molecule has 0 bridgehead atoms. The molecule has 1 aromatic rings. The minimum atomic E-state index is -2.95. The lowest BCUT2D eigenvalue weighted by atomic mass is 10.1. The minimum absolute atomic E-state index is 0.0480. The van der Waals surface area contributed by atoms with Gasteiger partial charge >= 0.3 is 12.6 Å². The van der Waals surface area contributed by atoms with Gasteiger partial charge in [-0.15, -0.1) is 0 Å². The number of ether oxygens (including phenoxy) is 2. The maximum absolute atomic E-state index is 12.3. The second kappa shape index (κ2) is 7.04. The molecule has 0 aliphatic heterocycles. The zero-order valence-electron chi connectivity index (χ0n) is 9.38. The number of esters is 1. The van der Waals surface area contributed by atoms with Crippen molar-refractivity contribution in [2.45, 2.75) is 20.0 Å². The lowest BCUT2D eigenvalue weighted by molar-refractivity contribution is -0.142. The standard InChI is InChI=1S/C11H10Br2F2O3/c1-2-17-9(16)5-6-8(18-11(14)15)4-3-7(12)10(6)13/h3-4,11H,2,5H2,1H3. The van der Waals surface area contributed by atoms with Gasteiger partial charge in [-0.25, -0.2) is 0 Å². The number of carbonyl (C=O) groups is 1. The summed E-state index contributed by atoms with van der Waals surface area (Å²) >= 11 is 6.45. The van der Waals surface area contributed by atoms with Gasteiger partial charge < -0.3 is 9.47 Å². The predicted molar refractivity (Wildman–Crippen MR) is 68.8 cm³/mol. The van der Waals surface area contributed by atoms with Gasteiger partial charge in [0.25, 0.3) is 0 Å². The normalized spacial score (nSPS) is 10.6. The van der Waals surface area contributed by atoms with E-state index in [1.807, 2.05) is 0 Å². The number of hydrogen-bond donors (Lipinski definition) is 0. The Balaban J connectivity index is 3.04. The Morgan fingerprint density at radius 3 is 2.61 bits per heavy atom. The fourth-order valence-electron chi connectivity index (χ4n) is 1.30. The van der Waals surface area contributed by atoms with Crippen LogP contribution in [-0.4, -0.2) is 19.2 Å². The third kappa shape index (κ3) is 4.20. The van der Waals surface area contributed by atoms with Crippen LogP contribution in [0.3, 0.4) is 0 Å². The van der Waals surface area contributed by atoms with Crippen LogP contribution in [0.4, 0.5) is 8.78 Å². The lowest BCUT2D eigenvalue weighted by Gasteiger charge is -2.13. The Labute approximate surface area is 120 Å². The first-order chi connectivity index (χ1) is 8.45. The molecular weight excluding hydrogens is 378 g/mol. The van der Waals surface area contributed by atoms with E-state index >= 15 is 0 Å². The number of benzene rings is 1. The number of rotatable bonds is 5. The third-order valence-electron chi connectivity index (χ3n) is 2.00. The third-order valence-corrected chi connectivity index (χ3v) is 4.09. The van der Waals surface area contributed by atoms with Gasteiger partial charge in [-0.1, -0.05) is 0 Å². The van der Waals surface area contributed by atoms with Crippen LogP contribution in [-0.2, 0) is 16.0 Å². The SMILES string of the molecule is CCOC(=O)Cc1c(OC(F)F)ccc(Br)c1Br. The van der Waals surface area contributed by atoms with E-state index in [0.717, 1.165) is 0 Å². The van der Waals surface area contributed by atoms with Crippen LogP contribution in [0.2, 0.25) is 0 Å². The highest BCUT2D eigenvalue weighted by Gasteiger charge is 2.18. The van der Waals surface area contributed by atoms with Crippen molar-refractivity contribution < 1.29 is 23.0 Å². The van der Waals surface area contributed by atoms with Crippen molar-refractivity contribution in [2.24, 2.45) is 0 Å². The fourth-order valence-corrected chi connectivity index (χ4v) is 2.14. The molecule has 0 aliphatic rings. The molecule has 0 unspecified atom stereocenters. The maximum Gasteiger partial charge on any atom is 0.387 e. The fraction of sp³-hybridized carbons (Fsp3) is 0.364. The second-order valence-corrected chi connectivity index (χ2v) is 4.85. The Bertz CT molecular complexity index is 439. The van der Waals surface area contributed by atoms with Crippen LogP contribution < -0.4 is 4.74 Å². The van der Waals surface area contributed by atoms with Gasteiger partial charge in [-0.3, -0.25) is 4.79 Å². The number of hydrogen-bond acceptors (Lipinski definition) is 3. The van der Waals surface area contributed by atoms with Gasteiger partial charge in [0.15, 0.2) is 0 Å². The van der Waals surface area contributed by atoms with Gasteiger partial charge in [0.2, 0.25) is 0 Å². The minimum Gasteiger partial charge on any atom is -0.466 e. The first-order valence-electron chi connectivity index (χ1n) is 5.03. The monoisotopic (exact) mass is 386 g/mol. The maximum atomic E-state index is 12.3. The molecule has 0 heterocycles. The van der Waals surface area contributed by atoms with Crippen molar-refractivity contribution in [1.29, 1.82) is 0 Å². The molecule has 7 heteroatoms. The Hall–Kier alpha value is -0.690. The quantitative estimate of drug-likeness (QED) is 0.718. The summed E-state index contributed by atoms with van der Waals surface area (Å²) in [6.45, 7) is -1.04. The molecule has 0 saturated carbocycles. The average molecular weight is 388 g/mol. The molecule has 0 amide bonds. The highest BCUT2D eigenvalue weighted by molar-refractivity contribution is 9.13. The Morgan fingerprint density at radius 1 is 1.39 bits per heavy atom. The van der Waals surface area contributed by atoms with E-state index in [-0.39, 0.29) is 18.8 Å². The smallest absolute Gasteiger partial charge is 0.387 e. The molecule has 0 atom stereocenters. The average Bonchev–Trinajstić information content (AvgIpc) is 2.28. The van der Waals surface area contributed by atoms with E-state index in [1.54, 1.807) is 13.0 Å². The van der Waals surface area contributed by atoms with Crippen molar-refractivity contribution in [3.8, 4) is 5.75 Å². The van der Waals surface area contributed by atoms with Crippen LogP contribution in [0.1, 0.15) is 12.5 Å². The number of halogens is 4. The van der Waals surface area contributed by atoms with Gasteiger partial charge in [-0.05, 0) is 50.9 Å². The van der Waals surface area contributed by atoms with Gasteiger partial charge in [0.05, 0.1) is 13.0 Å². The van der Waals surface area contributed by atoms with Crippen LogP contribution in [0.5, 0.6) is 5.75 Å². The highest BCUT2D eigenvalue weighted by atomic mass is 79.9. The van der Waals surface area contributed by atoms with Crippen LogP contribution in [0.25, 0.3) is 0 Å². The lowest BCUT2D eigenvalue weighted by Crippen LogP contribution is -2.11. The zero-order valence-corrected chi connectivity index (χ0v) is 12.6. The first kappa shape index (κ1) is 15.4. The molecular formula is C11H10Br2F2O3. The molecule has 0 aromatic heterocycles. The van der Waals surface area contributed by atoms with E-state index in [2.05, 4.69) is 36.6 Å². The van der Waals surface area contributed by atoms with E-state index in [0.29, 0.717) is 14.5 Å². The van der Waals surface area contributed by atoms with E-state index in [4.69, 9.17) is 4.74 Å². The van der Waals surface area contributed by atoms with Crippen molar-refractivity contribution in [2.75, 3.05) is 6.61 Å². The summed E-state index contributed by atoms with van der Waals surface area (Å²) in [5, 5.41) is 0. The topological polar surface area (TPSA) is 35.5 Å². The zero-order chi connectivity index (χ0) is 13.7. The molecule has 0 aliphatic carbocycles. The molecule has 3 nitrogen and oxygen atoms in total. The van der Waals surface area contributed by atoms with Gasteiger partial charge in [-0.2, -0.15) is 8.78 Å². The summed E-state index contributed by atoms with van der Waals surface area (Å²) < 4.78 is 34.8. The van der Waals surface area contributed by atoms with E-state index in [1.165, 1.54) is 6.07 Å². The van der Waals surface area contributed by atoms with Crippen molar-refractivity contribution >= 4 is 37.8 Å². The van der Waals surface area contributed by atoms with Crippen LogP contribution in [0.15, 0.2) is 21.1 Å². The van der Waals surface area contributed by atoms with Gasteiger partial charge in [0, 0.05) is 14.5 Å². The molecule has 0 saturated heterocycles. The van der Waals surface area contributed by atoms with Crippen molar-refractivity contribution in [3.63, 3.8) is 0 Å². The summed E-state index contributed by atoms with van der Waals surface area (Å²) in [6.07, 6.45) is -0.143. The molecule has 0 spiro atoms. The second-order valence-electron chi connectivity index (χ2n) is 3.20. The summed E-state index contributed by atoms with van der Waals surface area (Å²) in [5.41, 5.74) is 0.322. The van der Waals surface area contributed by atoms with Crippen LogP contribution in [0, 0.1) is 0 Å². The molecule has 1 rings (SSSR count). The van der Waals surface area contributed by atoms with Crippen molar-refractivity contribution in [1.82, 2.24) is 0 Å². The molecule has 18 heavy (non-hydrogen) atoms. The summed E-state index contributed by atoms with van der Waals surface area (Å²) in [5.74, 6) is -0.552. The molecule has 0 N–H and O–H groups in total. The number of alkyl halides is 2. The molecule has 100 valence electrons. The van der Waals surface area contributed by atoms with Crippen molar-refractivity contribution in [3.05, 3.63) is 26.6 Å². The predicted octanol–water partition coefficient (Wildman–Crippen LogP) is 3.92. The van der Waals surface area contributed by atoms with Gasteiger partial charge in [0.1, 0.15) is 5.75 Å². The molecule has 0 radical (unpaired) electrons. The number of carbonyl (C=O) groups excluding carboxylic acids is 1. The summed E-state index contributed by atoms with van der Waals surface area (Å²) in [6, 6.07) is 2.92. The summed E-state index contributed by atoms with van der Waals surface area (Å²) in [4.78, 5) is 11.4. The molecule has 0 fully saturated rings. The summed E-state index contributed by atoms with van der Waals surface area (Å²) in [7, 11) is 0. The Morgan fingerprint density at radius 2 is 2.06 bits per heavy atom. The van der Waals surface area contributed by atoms with Crippen LogP contribution >= 0.6 is 31.9 Å². The highest BCUT2D eigenvalue weighted by Crippen LogP contribution is 2.34.